The van der Waals surface area contributed by atoms with Crippen molar-refractivity contribution < 1.29 is 0 Å². The second-order valence-electron chi connectivity index (χ2n) is 4.96. The third-order valence-corrected chi connectivity index (χ3v) is 2.93. The minimum absolute atomic E-state index is 0.574. The van der Waals surface area contributed by atoms with Gasteiger partial charge in [-0.2, -0.15) is 0 Å². The van der Waals surface area contributed by atoms with E-state index in [2.05, 4.69) is 57.3 Å². The van der Waals surface area contributed by atoms with E-state index in [1.165, 1.54) is 17.5 Å². The second-order valence-corrected chi connectivity index (χ2v) is 4.96. The molecule has 0 aliphatic heterocycles. The van der Waals surface area contributed by atoms with Crippen LogP contribution in [-0.2, 0) is 6.42 Å². The van der Waals surface area contributed by atoms with Crippen molar-refractivity contribution in [2.75, 3.05) is 6.54 Å². The van der Waals surface area contributed by atoms with Gasteiger partial charge in [0.05, 0.1) is 0 Å². The smallest absolute Gasteiger partial charge is 0.00791 e. The molecule has 0 spiro atoms. The molecular formula is C15H25N. The van der Waals surface area contributed by atoms with Crippen LogP contribution in [0.15, 0.2) is 24.3 Å². The van der Waals surface area contributed by atoms with Gasteiger partial charge in [0, 0.05) is 6.04 Å². The van der Waals surface area contributed by atoms with Gasteiger partial charge in [-0.05, 0) is 43.4 Å². The van der Waals surface area contributed by atoms with Crippen LogP contribution in [0.2, 0.25) is 0 Å². The Hall–Kier alpha value is -0.820. The van der Waals surface area contributed by atoms with Gasteiger partial charge in [0.25, 0.3) is 0 Å². The summed E-state index contributed by atoms with van der Waals surface area (Å²) in [5, 5.41) is 3.52. The summed E-state index contributed by atoms with van der Waals surface area (Å²) in [6.45, 7) is 10.1. The molecule has 0 aliphatic rings. The molecule has 1 rings (SSSR count). The first-order valence-electron chi connectivity index (χ1n) is 6.45. The summed E-state index contributed by atoms with van der Waals surface area (Å²) in [6.07, 6.45) is 2.33. The minimum atomic E-state index is 0.574. The van der Waals surface area contributed by atoms with E-state index in [4.69, 9.17) is 0 Å². The molecule has 0 aliphatic carbocycles. The number of nitrogens with one attached hydrogen (secondary N) is 1. The van der Waals surface area contributed by atoms with Gasteiger partial charge in [0.15, 0.2) is 0 Å². The average molecular weight is 219 g/mol. The Morgan fingerprint density at radius 2 is 1.69 bits per heavy atom. The molecule has 1 unspecified atom stereocenters. The van der Waals surface area contributed by atoms with Crippen LogP contribution in [-0.4, -0.2) is 12.6 Å². The zero-order valence-electron chi connectivity index (χ0n) is 11.1. The van der Waals surface area contributed by atoms with Gasteiger partial charge < -0.3 is 5.32 Å². The molecule has 0 saturated carbocycles. The van der Waals surface area contributed by atoms with E-state index in [0.717, 1.165) is 13.0 Å². The highest BCUT2D eigenvalue weighted by molar-refractivity contribution is 5.25. The Labute approximate surface area is 100 Å². The molecule has 1 nitrogen and oxygen atoms in total. The van der Waals surface area contributed by atoms with E-state index in [0.29, 0.717) is 12.0 Å². The predicted molar refractivity (Wildman–Crippen MR) is 72.0 cm³/mol. The Morgan fingerprint density at radius 3 is 2.19 bits per heavy atom. The van der Waals surface area contributed by atoms with Crippen LogP contribution in [0.3, 0.4) is 0 Å². The fourth-order valence-corrected chi connectivity index (χ4v) is 1.86. The van der Waals surface area contributed by atoms with Crippen molar-refractivity contribution in [2.24, 2.45) is 0 Å². The first-order chi connectivity index (χ1) is 7.63. The van der Waals surface area contributed by atoms with E-state index in [9.17, 15) is 0 Å². The molecule has 1 aromatic carbocycles. The largest absolute Gasteiger partial charge is 0.314 e. The summed E-state index contributed by atoms with van der Waals surface area (Å²) in [4.78, 5) is 0. The van der Waals surface area contributed by atoms with E-state index in [1.54, 1.807) is 0 Å². The Bertz CT molecular complexity index is 287. The van der Waals surface area contributed by atoms with Crippen LogP contribution in [0.25, 0.3) is 0 Å². The van der Waals surface area contributed by atoms with Crippen LogP contribution < -0.4 is 5.32 Å². The van der Waals surface area contributed by atoms with Crippen LogP contribution in [0, 0.1) is 0 Å². The van der Waals surface area contributed by atoms with Gasteiger partial charge in [0.2, 0.25) is 0 Å². The third kappa shape index (κ3) is 4.36. The summed E-state index contributed by atoms with van der Waals surface area (Å²) < 4.78 is 0. The van der Waals surface area contributed by atoms with Gasteiger partial charge in [-0.3, -0.25) is 0 Å². The maximum atomic E-state index is 3.52. The van der Waals surface area contributed by atoms with E-state index in [1.807, 2.05) is 0 Å². The van der Waals surface area contributed by atoms with Crippen molar-refractivity contribution in [1.82, 2.24) is 5.32 Å². The van der Waals surface area contributed by atoms with Crippen LogP contribution in [0.5, 0.6) is 0 Å². The fraction of sp³-hybridized carbons (Fsp3) is 0.600. The normalized spacial score (nSPS) is 13.1. The molecule has 0 amide bonds. The Morgan fingerprint density at radius 1 is 1.06 bits per heavy atom. The van der Waals surface area contributed by atoms with Crippen molar-refractivity contribution in [3.63, 3.8) is 0 Å². The molecule has 0 bridgehead atoms. The number of benzene rings is 1. The van der Waals surface area contributed by atoms with E-state index in [-0.39, 0.29) is 0 Å². The minimum Gasteiger partial charge on any atom is -0.314 e. The van der Waals surface area contributed by atoms with Crippen molar-refractivity contribution in [1.29, 1.82) is 0 Å². The van der Waals surface area contributed by atoms with Crippen molar-refractivity contribution in [3.05, 3.63) is 35.4 Å². The van der Waals surface area contributed by atoms with Gasteiger partial charge in [-0.25, -0.2) is 0 Å². The number of hydrogen-bond donors (Lipinski definition) is 1. The lowest BCUT2D eigenvalue weighted by atomic mass is 9.99. The van der Waals surface area contributed by atoms with Gasteiger partial charge in [-0.15, -0.1) is 0 Å². The zero-order valence-corrected chi connectivity index (χ0v) is 11.1. The van der Waals surface area contributed by atoms with Gasteiger partial charge in [0.1, 0.15) is 0 Å². The highest BCUT2D eigenvalue weighted by Crippen LogP contribution is 2.15. The molecule has 0 aromatic heterocycles. The maximum absolute atomic E-state index is 3.52. The summed E-state index contributed by atoms with van der Waals surface area (Å²) in [6, 6.07) is 9.61. The predicted octanol–water partition coefficient (Wildman–Crippen LogP) is 3.74. The summed E-state index contributed by atoms with van der Waals surface area (Å²) in [7, 11) is 0. The molecule has 0 heterocycles. The molecule has 1 atom stereocenters. The van der Waals surface area contributed by atoms with E-state index < -0.39 is 0 Å². The monoisotopic (exact) mass is 219 g/mol. The fourth-order valence-electron chi connectivity index (χ4n) is 1.86. The van der Waals surface area contributed by atoms with Crippen LogP contribution in [0.1, 0.15) is 51.2 Å². The van der Waals surface area contributed by atoms with Crippen molar-refractivity contribution in [2.45, 2.75) is 52.5 Å². The summed E-state index contributed by atoms with van der Waals surface area (Å²) in [5.74, 6) is 0.629. The molecule has 90 valence electrons. The maximum Gasteiger partial charge on any atom is 0.00791 e. The number of hydrogen-bond acceptors (Lipinski definition) is 1. The molecule has 0 fully saturated rings. The topological polar surface area (TPSA) is 12.0 Å². The molecule has 0 saturated heterocycles. The summed E-state index contributed by atoms with van der Waals surface area (Å²) >= 11 is 0. The van der Waals surface area contributed by atoms with Crippen LogP contribution >= 0.6 is 0 Å². The highest BCUT2D eigenvalue weighted by Gasteiger charge is 2.03. The Balaban J connectivity index is 2.48. The van der Waals surface area contributed by atoms with Gasteiger partial charge >= 0.3 is 0 Å². The molecule has 0 radical (unpaired) electrons. The molecule has 1 aromatic rings. The van der Waals surface area contributed by atoms with E-state index >= 15 is 0 Å². The lowest BCUT2D eigenvalue weighted by Gasteiger charge is -2.13. The quantitative estimate of drug-likeness (QED) is 0.768. The zero-order chi connectivity index (χ0) is 12.0. The standard InChI is InChI=1S/C15H25N/c1-5-10-16-13(4)11-14-6-8-15(9-7-14)12(2)3/h6-9,12-13,16H,5,10-11H2,1-4H3. The second kappa shape index (κ2) is 6.70. The van der Waals surface area contributed by atoms with Crippen molar-refractivity contribution in [3.8, 4) is 0 Å². The molecular weight excluding hydrogens is 194 g/mol. The SMILES string of the molecule is CCCNC(C)Cc1ccc(C(C)C)cc1. The van der Waals surface area contributed by atoms with Crippen molar-refractivity contribution >= 4 is 0 Å². The lowest BCUT2D eigenvalue weighted by molar-refractivity contribution is 0.543. The van der Waals surface area contributed by atoms with Crippen LogP contribution in [0.4, 0.5) is 0 Å². The Kier molecular flexibility index (Phi) is 5.54. The summed E-state index contributed by atoms with van der Waals surface area (Å²) in [5.41, 5.74) is 2.86. The molecule has 1 heteroatoms. The first kappa shape index (κ1) is 13.2. The first-order valence-corrected chi connectivity index (χ1v) is 6.45. The molecule has 1 N–H and O–H groups in total. The third-order valence-electron chi connectivity index (χ3n) is 2.93. The number of rotatable bonds is 6. The van der Waals surface area contributed by atoms with Gasteiger partial charge in [-0.1, -0.05) is 45.0 Å². The lowest BCUT2D eigenvalue weighted by Crippen LogP contribution is -2.28. The molecule has 16 heavy (non-hydrogen) atoms. The average Bonchev–Trinajstić information content (AvgIpc) is 2.27. The highest BCUT2D eigenvalue weighted by atomic mass is 14.9.